The van der Waals surface area contributed by atoms with Crippen LogP contribution in [0.15, 0.2) is 29.3 Å². The summed E-state index contributed by atoms with van der Waals surface area (Å²) in [6, 6.07) is 8.47. The normalized spacial score (nSPS) is 30.9. The van der Waals surface area contributed by atoms with Gasteiger partial charge in [-0.3, -0.25) is 4.99 Å². The summed E-state index contributed by atoms with van der Waals surface area (Å²) in [6.45, 7) is 10.1. The molecule has 0 bridgehead atoms. The summed E-state index contributed by atoms with van der Waals surface area (Å²) in [4.78, 5) is 6.03. The molecule has 1 aromatic rings. The van der Waals surface area contributed by atoms with Crippen molar-refractivity contribution >= 4 is 6.21 Å². The van der Waals surface area contributed by atoms with Crippen molar-refractivity contribution in [3.63, 3.8) is 0 Å². The maximum atomic E-state index is 10.9. The lowest BCUT2D eigenvalue weighted by molar-refractivity contribution is -0.916. The molecule has 1 aromatic carbocycles. The summed E-state index contributed by atoms with van der Waals surface area (Å²) in [7, 11) is 2.21. The van der Waals surface area contributed by atoms with Gasteiger partial charge in [-0.15, -0.1) is 0 Å². The highest BCUT2D eigenvalue weighted by Crippen LogP contribution is 2.28. The standard InChI is InChI=1S/C20H32N2O2/c1-15(2)24-19-8-6-18(7-9-19)13-21-11-10-20(23)12-17(4)22(5)14-16(20)3/h6-9,13,15-17,23H,10-12,14H2,1-5H3/p+1/t16-,17-,20-/m0/s1. The Morgan fingerprint density at radius 2 is 2.00 bits per heavy atom. The van der Waals surface area contributed by atoms with Gasteiger partial charge in [0.2, 0.25) is 0 Å². The van der Waals surface area contributed by atoms with E-state index in [9.17, 15) is 5.11 Å². The number of rotatable bonds is 6. The second kappa shape index (κ2) is 8.13. The number of hydrogen-bond donors (Lipinski definition) is 2. The van der Waals surface area contributed by atoms with E-state index >= 15 is 0 Å². The quantitative estimate of drug-likeness (QED) is 0.782. The molecule has 0 aliphatic carbocycles. The van der Waals surface area contributed by atoms with E-state index in [1.807, 2.05) is 44.3 Å². The van der Waals surface area contributed by atoms with Crippen molar-refractivity contribution in [1.82, 2.24) is 0 Å². The second-order valence-corrected chi connectivity index (χ2v) is 7.68. The van der Waals surface area contributed by atoms with E-state index in [0.717, 1.165) is 30.7 Å². The van der Waals surface area contributed by atoms with E-state index in [-0.39, 0.29) is 6.10 Å². The Bertz CT molecular complexity index is 541. The maximum absolute atomic E-state index is 10.9. The molecule has 1 unspecified atom stereocenters. The molecule has 0 spiro atoms. The molecule has 1 aliphatic heterocycles. The molecule has 4 heteroatoms. The lowest BCUT2D eigenvalue weighted by Crippen LogP contribution is -3.15. The number of likely N-dealkylation sites (tertiary alicyclic amines) is 1. The summed E-state index contributed by atoms with van der Waals surface area (Å²) in [5, 5.41) is 10.9. The number of hydrogen-bond acceptors (Lipinski definition) is 3. The van der Waals surface area contributed by atoms with Gasteiger partial charge in [-0.2, -0.15) is 0 Å². The van der Waals surface area contributed by atoms with E-state index in [2.05, 4.69) is 25.9 Å². The number of ether oxygens (including phenoxy) is 1. The fourth-order valence-electron chi connectivity index (χ4n) is 3.46. The summed E-state index contributed by atoms with van der Waals surface area (Å²) >= 11 is 0. The van der Waals surface area contributed by atoms with Crippen molar-refractivity contribution in [1.29, 1.82) is 0 Å². The number of benzene rings is 1. The van der Waals surface area contributed by atoms with Crippen LogP contribution in [0.2, 0.25) is 0 Å². The highest BCUT2D eigenvalue weighted by molar-refractivity contribution is 5.79. The Hall–Kier alpha value is -1.39. The largest absolute Gasteiger partial charge is 0.491 e. The number of nitrogens with zero attached hydrogens (tertiary/aromatic N) is 1. The van der Waals surface area contributed by atoms with E-state index in [1.54, 1.807) is 0 Å². The highest BCUT2D eigenvalue weighted by atomic mass is 16.5. The maximum Gasteiger partial charge on any atom is 0.119 e. The topological polar surface area (TPSA) is 46.3 Å². The van der Waals surface area contributed by atoms with Crippen LogP contribution in [0.3, 0.4) is 0 Å². The SMILES string of the molecule is CC(C)Oc1ccc(C=NCC[C@]2(O)C[C@H](C)[NH+](C)C[C@@H]2C)cc1. The molecule has 4 atom stereocenters. The van der Waals surface area contributed by atoms with Crippen LogP contribution in [0.5, 0.6) is 5.75 Å². The zero-order valence-corrected chi connectivity index (χ0v) is 15.7. The number of aliphatic imine (C=N–C) groups is 1. The first-order valence-corrected chi connectivity index (χ1v) is 9.11. The third-order valence-electron chi connectivity index (χ3n) is 5.21. The molecular weight excluding hydrogens is 300 g/mol. The van der Waals surface area contributed by atoms with Crippen LogP contribution in [0, 0.1) is 5.92 Å². The molecule has 1 fully saturated rings. The van der Waals surface area contributed by atoms with Gasteiger partial charge in [-0.25, -0.2) is 0 Å². The van der Waals surface area contributed by atoms with E-state index < -0.39 is 5.60 Å². The van der Waals surface area contributed by atoms with Crippen LogP contribution in [0.1, 0.15) is 46.1 Å². The Morgan fingerprint density at radius 1 is 1.33 bits per heavy atom. The third-order valence-corrected chi connectivity index (χ3v) is 5.21. The number of piperidine rings is 1. The minimum atomic E-state index is -0.578. The fraction of sp³-hybridized carbons (Fsp3) is 0.650. The summed E-state index contributed by atoms with van der Waals surface area (Å²) in [5.74, 6) is 1.20. The monoisotopic (exact) mass is 333 g/mol. The molecule has 0 amide bonds. The molecule has 0 saturated carbocycles. The van der Waals surface area contributed by atoms with Crippen molar-refractivity contribution in [2.75, 3.05) is 20.1 Å². The Labute approximate surface area is 146 Å². The fourth-order valence-corrected chi connectivity index (χ4v) is 3.46. The van der Waals surface area contributed by atoms with Crippen LogP contribution in [0.25, 0.3) is 0 Å². The zero-order valence-electron chi connectivity index (χ0n) is 15.7. The summed E-state index contributed by atoms with van der Waals surface area (Å²) in [6.07, 6.45) is 3.66. The van der Waals surface area contributed by atoms with Crippen molar-refractivity contribution in [3.05, 3.63) is 29.8 Å². The van der Waals surface area contributed by atoms with Crippen LogP contribution >= 0.6 is 0 Å². The first kappa shape index (κ1) is 18.9. The van der Waals surface area contributed by atoms with Gasteiger partial charge in [0.1, 0.15) is 5.75 Å². The number of aliphatic hydroxyl groups is 1. The first-order chi connectivity index (χ1) is 11.3. The molecular formula is C20H33N2O2+. The predicted molar refractivity (Wildman–Crippen MR) is 99.2 cm³/mol. The average molecular weight is 333 g/mol. The van der Waals surface area contributed by atoms with Gasteiger partial charge in [0.15, 0.2) is 0 Å². The Kier molecular flexibility index (Phi) is 6.41. The minimum absolute atomic E-state index is 0.186. The van der Waals surface area contributed by atoms with Gasteiger partial charge in [-0.1, -0.05) is 6.92 Å². The lowest BCUT2D eigenvalue weighted by Gasteiger charge is -2.43. The Balaban J connectivity index is 1.85. The van der Waals surface area contributed by atoms with Crippen LogP contribution in [0.4, 0.5) is 0 Å². The van der Waals surface area contributed by atoms with Gasteiger partial charge < -0.3 is 14.7 Å². The van der Waals surface area contributed by atoms with E-state index in [1.165, 1.54) is 4.90 Å². The molecule has 134 valence electrons. The smallest absolute Gasteiger partial charge is 0.119 e. The van der Waals surface area contributed by atoms with E-state index in [4.69, 9.17) is 4.74 Å². The molecule has 0 radical (unpaired) electrons. The van der Waals surface area contributed by atoms with Crippen LogP contribution in [-0.4, -0.2) is 49.2 Å². The van der Waals surface area contributed by atoms with Crippen molar-refractivity contribution in [2.24, 2.45) is 10.9 Å². The second-order valence-electron chi connectivity index (χ2n) is 7.68. The highest BCUT2D eigenvalue weighted by Gasteiger charge is 2.42. The number of nitrogens with one attached hydrogen (secondary N) is 1. The van der Waals surface area contributed by atoms with Gasteiger partial charge in [0, 0.05) is 25.1 Å². The zero-order chi connectivity index (χ0) is 17.7. The molecule has 2 rings (SSSR count). The molecule has 24 heavy (non-hydrogen) atoms. The Morgan fingerprint density at radius 3 is 2.62 bits per heavy atom. The molecule has 1 aliphatic rings. The van der Waals surface area contributed by atoms with Crippen LogP contribution < -0.4 is 9.64 Å². The third kappa shape index (κ3) is 5.05. The molecule has 1 saturated heterocycles. The first-order valence-electron chi connectivity index (χ1n) is 9.11. The van der Waals surface area contributed by atoms with Gasteiger partial charge >= 0.3 is 0 Å². The minimum Gasteiger partial charge on any atom is -0.491 e. The van der Waals surface area contributed by atoms with Crippen molar-refractivity contribution in [2.45, 2.75) is 58.3 Å². The summed E-state index contributed by atoms with van der Waals surface area (Å²) < 4.78 is 5.64. The molecule has 0 aromatic heterocycles. The molecule has 2 N–H and O–H groups in total. The molecule has 4 nitrogen and oxygen atoms in total. The predicted octanol–water partition coefficient (Wildman–Crippen LogP) is 1.96. The molecule has 1 heterocycles. The van der Waals surface area contributed by atoms with Gasteiger partial charge in [-0.05, 0) is 57.0 Å². The van der Waals surface area contributed by atoms with E-state index in [0.29, 0.717) is 18.5 Å². The van der Waals surface area contributed by atoms with Crippen molar-refractivity contribution < 1.29 is 14.7 Å². The lowest BCUT2D eigenvalue weighted by atomic mass is 9.77. The van der Waals surface area contributed by atoms with Crippen molar-refractivity contribution in [3.8, 4) is 5.75 Å². The van der Waals surface area contributed by atoms with Gasteiger partial charge in [0.05, 0.1) is 31.3 Å². The van der Waals surface area contributed by atoms with Crippen LogP contribution in [-0.2, 0) is 0 Å². The van der Waals surface area contributed by atoms with Gasteiger partial charge in [0.25, 0.3) is 0 Å². The average Bonchev–Trinajstić information content (AvgIpc) is 2.51. The number of quaternary nitrogens is 1. The summed E-state index contributed by atoms with van der Waals surface area (Å²) in [5.41, 5.74) is 0.484.